The van der Waals surface area contributed by atoms with Crippen LogP contribution in [-0.4, -0.2) is 15.4 Å². The minimum Gasteiger partial charge on any atom is -0.328 e. The van der Waals surface area contributed by atoms with E-state index in [-0.39, 0.29) is 5.82 Å². The number of imidazole rings is 1. The van der Waals surface area contributed by atoms with Gasteiger partial charge in [0, 0.05) is 24.9 Å². The summed E-state index contributed by atoms with van der Waals surface area (Å²) in [6, 6.07) is 3.40. The van der Waals surface area contributed by atoms with Gasteiger partial charge in [-0.05, 0) is 40.5 Å². The predicted molar refractivity (Wildman–Crippen MR) is 90.8 cm³/mol. The highest BCUT2D eigenvalue weighted by atomic mass is 127. The molecule has 0 N–H and O–H groups in total. The molecule has 0 radical (unpaired) electrons. The molecular formula is C15H19ClFIN2. The van der Waals surface area contributed by atoms with Crippen molar-refractivity contribution in [3.63, 3.8) is 0 Å². The van der Waals surface area contributed by atoms with Gasteiger partial charge in [-0.1, -0.05) is 20.8 Å². The Morgan fingerprint density at radius 3 is 2.65 bits per heavy atom. The van der Waals surface area contributed by atoms with Crippen LogP contribution < -0.4 is 0 Å². The second-order valence-electron chi connectivity index (χ2n) is 5.55. The second-order valence-corrected chi connectivity index (χ2v) is 7.09. The predicted octanol–water partition coefficient (Wildman–Crippen LogP) is 4.85. The van der Waals surface area contributed by atoms with E-state index in [1.54, 1.807) is 12.1 Å². The maximum absolute atomic E-state index is 13.8. The van der Waals surface area contributed by atoms with E-state index in [1.165, 1.54) is 0 Å². The van der Waals surface area contributed by atoms with Gasteiger partial charge in [-0.2, -0.15) is 0 Å². The van der Waals surface area contributed by atoms with Gasteiger partial charge in [0.2, 0.25) is 0 Å². The number of fused-ring (bicyclic) bond motifs is 1. The molecule has 0 bridgehead atoms. The monoisotopic (exact) mass is 408 g/mol. The van der Waals surface area contributed by atoms with Crippen LogP contribution in [0.25, 0.3) is 11.0 Å². The molecule has 1 aromatic carbocycles. The first-order chi connectivity index (χ1) is 9.43. The van der Waals surface area contributed by atoms with Crippen molar-refractivity contribution in [2.24, 2.45) is 11.8 Å². The lowest BCUT2D eigenvalue weighted by Gasteiger charge is -2.18. The number of rotatable bonds is 5. The molecule has 110 valence electrons. The van der Waals surface area contributed by atoms with Crippen molar-refractivity contribution >= 4 is 45.2 Å². The highest BCUT2D eigenvalue weighted by Gasteiger charge is 2.16. The number of hydrogen-bond donors (Lipinski definition) is 0. The first-order valence-corrected chi connectivity index (χ1v) is 8.45. The third-order valence-corrected chi connectivity index (χ3v) is 4.81. The minimum atomic E-state index is -0.186. The average molecular weight is 409 g/mol. The van der Waals surface area contributed by atoms with Crippen LogP contribution in [0.5, 0.6) is 0 Å². The summed E-state index contributed by atoms with van der Waals surface area (Å²) in [5.41, 5.74) is 1.72. The molecule has 0 aliphatic heterocycles. The van der Waals surface area contributed by atoms with Crippen LogP contribution in [0.3, 0.4) is 0 Å². The van der Waals surface area contributed by atoms with E-state index >= 15 is 0 Å². The van der Waals surface area contributed by atoms with Gasteiger partial charge in [0.25, 0.3) is 0 Å². The number of aryl methyl sites for hydroxylation is 1. The fraction of sp³-hybridized carbons (Fsp3) is 0.533. The Morgan fingerprint density at radius 1 is 1.35 bits per heavy atom. The molecule has 2 rings (SSSR count). The molecule has 0 aliphatic rings. The van der Waals surface area contributed by atoms with Gasteiger partial charge in [-0.3, -0.25) is 0 Å². The van der Waals surface area contributed by atoms with Crippen molar-refractivity contribution in [1.29, 1.82) is 0 Å². The summed E-state index contributed by atoms with van der Waals surface area (Å²) in [5.74, 6) is 2.37. The summed E-state index contributed by atoms with van der Waals surface area (Å²) >= 11 is 7.87. The molecule has 0 fully saturated rings. The molecule has 0 amide bonds. The Kier molecular flexibility index (Phi) is 5.29. The summed E-state index contributed by atoms with van der Waals surface area (Å²) in [6.45, 7) is 7.47. The van der Waals surface area contributed by atoms with Crippen molar-refractivity contribution < 1.29 is 4.39 Å². The van der Waals surface area contributed by atoms with Crippen molar-refractivity contribution in [3.05, 3.63) is 27.3 Å². The number of nitrogens with zero attached hydrogens (tertiary/aromatic N) is 2. The van der Waals surface area contributed by atoms with E-state index < -0.39 is 0 Å². The van der Waals surface area contributed by atoms with Gasteiger partial charge < -0.3 is 4.57 Å². The molecule has 0 saturated carbocycles. The van der Waals surface area contributed by atoms with Crippen molar-refractivity contribution in [2.75, 3.05) is 5.88 Å². The van der Waals surface area contributed by atoms with Crippen LogP contribution in [0.2, 0.25) is 0 Å². The summed E-state index contributed by atoms with van der Waals surface area (Å²) in [4.78, 5) is 4.62. The number of aromatic nitrogens is 2. The molecule has 1 atom stereocenters. The number of halogens is 3. The first-order valence-electron chi connectivity index (χ1n) is 6.84. The van der Waals surface area contributed by atoms with E-state index in [4.69, 9.17) is 11.6 Å². The SMILES string of the molecule is CC(C)C(C)Cn1c(CCCl)nc2cc(I)c(F)cc21. The maximum Gasteiger partial charge on any atom is 0.138 e. The Morgan fingerprint density at radius 2 is 2.05 bits per heavy atom. The molecule has 2 aromatic rings. The van der Waals surface area contributed by atoms with E-state index in [0.29, 0.717) is 27.7 Å². The van der Waals surface area contributed by atoms with Crippen LogP contribution in [0, 0.1) is 21.2 Å². The minimum absolute atomic E-state index is 0.186. The quantitative estimate of drug-likeness (QED) is 0.511. The highest BCUT2D eigenvalue weighted by Crippen LogP contribution is 2.24. The van der Waals surface area contributed by atoms with Crippen LogP contribution in [-0.2, 0) is 13.0 Å². The first kappa shape index (κ1) is 16.0. The second kappa shape index (κ2) is 6.60. The molecular weight excluding hydrogens is 390 g/mol. The zero-order valence-corrected chi connectivity index (χ0v) is 14.9. The Hall–Kier alpha value is -0.360. The normalized spacial score (nSPS) is 13.3. The van der Waals surface area contributed by atoms with Gasteiger partial charge in [0.1, 0.15) is 11.6 Å². The zero-order valence-electron chi connectivity index (χ0n) is 12.0. The zero-order chi connectivity index (χ0) is 14.9. The molecule has 5 heteroatoms. The summed E-state index contributed by atoms with van der Waals surface area (Å²) in [6.07, 6.45) is 0.708. The average Bonchev–Trinajstić information content (AvgIpc) is 2.68. The van der Waals surface area contributed by atoms with Crippen molar-refractivity contribution in [1.82, 2.24) is 9.55 Å². The van der Waals surface area contributed by atoms with Crippen molar-refractivity contribution in [2.45, 2.75) is 33.7 Å². The van der Waals surface area contributed by atoms with E-state index in [2.05, 4.69) is 30.3 Å². The van der Waals surface area contributed by atoms with Crippen LogP contribution in [0.1, 0.15) is 26.6 Å². The Labute approximate surface area is 137 Å². The fourth-order valence-corrected chi connectivity index (χ4v) is 2.77. The lowest BCUT2D eigenvalue weighted by molar-refractivity contribution is 0.364. The van der Waals surface area contributed by atoms with Crippen LogP contribution >= 0.6 is 34.2 Å². The largest absolute Gasteiger partial charge is 0.328 e. The number of alkyl halides is 1. The summed E-state index contributed by atoms with van der Waals surface area (Å²) in [5, 5.41) is 0. The van der Waals surface area contributed by atoms with Crippen LogP contribution in [0.4, 0.5) is 4.39 Å². The van der Waals surface area contributed by atoms with Gasteiger partial charge in [0.05, 0.1) is 14.6 Å². The lowest BCUT2D eigenvalue weighted by atomic mass is 9.98. The lowest BCUT2D eigenvalue weighted by Crippen LogP contribution is -2.15. The van der Waals surface area contributed by atoms with Gasteiger partial charge >= 0.3 is 0 Å². The smallest absolute Gasteiger partial charge is 0.138 e. The van der Waals surface area contributed by atoms with E-state index in [0.717, 1.165) is 23.4 Å². The molecule has 0 saturated heterocycles. The molecule has 1 aromatic heterocycles. The summed E-state index contributed by atoms with van der Waals surface area (Å²) in [7, 11) is 0. The molecule has 20 heavy (non-hydrogen) atoms. The van der Waals surface area contributed by atoms with E-state index in [1.807, 2.05) is 22.6 Å². The molecule has 0 spiro atoms. The number of benzene rings is 1. The van der Waals surface area contributed by atoms with Gasteiger partial charge in [-0.15, -0.1) is 11.6 Å². The highest BCUT2D eigenvalue weighted by molar-refractivity contribution is 14.1. The third kappa shape index (κ3) is 3.27. The number of hydrogen-bond acceptors (Lipinski definition) is 1. The molecule has 1 unspecified atom stereocenters. The molecule has 1 heterocycles. The van der Waals surface area contributed by atoms with Gasteiger partial charge in [-0.25, -0.2) is 9.37 Å². The molecule has 0 aliphatic carbocycles. The van der Waals surface area contributed by atoms with Crippen LogP contribution in [0.15, 0.2) is 12.1 Å². The van der Waals surface area contributed by atoms with Gasteiger partial charge in [0.15, 0.2) is 0 Å². The maximum atomic E-state index is 13.8. The Bertz CT molecular complexity index is 609. The fourth-order valence-electron chi connectivity index (χ4n) is 2.15. The molecule has 2 nitrogen and oxygen atoms in total. The van der Waals surface area contributed by atoms with Crippen molar-refractivity contribution in [3.8, 4) is 0 Å². The topological polar surface area (TPSA) is 17.8 Å². The Balaban J connectivity index is 2.52. The third-order valence-electron chi connectivity index (χ3n) is 3.80. The summed E-state index contributed by atoms with van der Waals surface area (Å²) < 4.78 is 16.6. The standard InChI is InChI=1S/C15H19ClFIN2/c1-9(2)10(3)8-20-14-6-11(17)12(18)7-13(14)19-15(20)4-5-16/h6-7,9-10H,4-5,8H2,1-3H3. The van der Waals surface area contributed by atoms with E-state index in [9.17, 15) is 4.39 Å².